The third-order valence-corrected chi connectivity index (χ3v) is 2.81. The highest BCUT2D eigenvalue weighted by atomic mass is 16.4. The normalized spacial score (nSPS) is 11.2. The Morgan fingerprint density at radius 1 is 1.45 bits per heavy atom. The zero-order chi connectivity index (χ0) is 15.1. The van der Waals surface area contributed by atoms with Gasteiger partial charge in [-0.2, -0.15) is 5.26 Å². The Hall–Kier alpha value is -2.55. The fraction of sp³-hybridized carbons (Fsp3) is 0.357. The Labute approximate surface area is 117 Å². The van der Waals surface area contributed by atoms with Crippen LogP contribution < -0.4 is 10.6 Å². The first-order chi connectivity index (χ1) is 9.49. The van der Waals surface area contributed by atoms with Crippen LogP contribution in [0, 0.1) is 18.3 Å². The minimum Gasteiger partial charge on any atom is -0.480 e. The molecule has 106 valence electrons. The van der Waals surface area contributed by atoms with E-state index in [0.717, 1.165) is 5.56 Å². The largest absolute Gasteiger partial charge is 0.480 e. The van der Waals surface area contributed by atoms with Gasteiger partial charge in [0.2, 0.25) is 0 Å². The predicted molar refractivity (Wildman–Crippen MR) is 74.4 cm³/mol. The number of urea groups is 1. The minimum absolute atomic E-state index is 0.349. The summed E-state index contributed by atoms with van der Waals surface area (Å²) in [6.45, 7) is 3.60. The van der Waals surface area contributed by atoms with Crippen molar-refractivity contribution in [3.05, 3.63) is 29.3 Å². The molecule has 2 amide bonds. The SMILES string of the molecule is CCC[C@@H](NC(=O)Nc1cccc(C)c1C#N)C(=O)O. The predicted octanol–water partition coefficient (Wildman–Crippen LogP) is 2.24. The summed E-state index contributed by atoms with van der Waals surface area (Å²) in [7, 11) is 0. The lowest BCUT2D eigenvalue weighted by molar-refractivity contribution is -0.139. The molecule has 0 aromatic heterocycles. The van der Waals surface area contributed by atoms with Gasteiger partial charge in [-0.25, -0.2) is 9.59 Å². The van der Waals surface area contributed by atoms with Crippen LogP contribution in [-0.4, -0.2) is 23.1 Å². The molecule has 0 saturated heterocycles. The highest BCUT2D eigenvalue weighted by molar-refractivity contribution is 5.93. The van der Waals surface area contributed by atoms with Gasteiger partial charge < -0.3 is 15.7 Å². The Bertz CT molecular complexity index is 549. The summed E-state index contributed by atoms with van der Waals surface area (Å²) in [5.41, 5.74) is 1.48. The molecule has 0 fully saturated rings. The van der Waals surface area contributed by atoms with Gasteiger partial charge in [0.15, 0.2) is 0 Å². The number of hydrogen-bond acceptors (Lipinski definition) is 3. The third-order valence-electron chi connectivity index (χ3n) is 2.81. The molecule has 20 heavy (non-hydrogen) atoms. The molecule has 6 nitrogen and oxygen atoms in total. The molecule has 0 radical (unpaired) electrons. The Morgan fingerprint density at radius 2 is 2.15 bits per heavy atom. The number of carboxylic acid groups (broad SMARTS) is 1. The van der Waals surface area contributed by atoms with Crippen molar-refractivity contribution in [2.75, 3.05) is 5.32 Å². The van der Waals surface area contributed by atoms with Crippen LogP contribution in [0.3, 0.4) is 0 Å². The third kappa shape index (κ3) is 3.99. The molecule has 0 heterocycles. The number of carbonyl (C=O) groups is 2. The van der Waals surface area contributed by atoms with E-state index in [-0.39, 0.29) is 0 Å². The molecule has 1 rings (SSSR count). The average molecular weight is 275 g/mol. The Morgan fingerprint density at radius 3 is 2.70 bits per heavy atom. The number of anilines is 1. The number of benzene rings is 1. The molecule has 1 aromatic rings. The van der Waals surface area contributed by atoms with Crippen molar-refractivity contribution in [1.82, 2.24) is 5.32 Å². The number of nitrogens with zero attached hydrogens (tertiary/aromatic N) is 1. The number of rotatable bonds is 5. The van der Waals surface area contributed by atoms with Crippen molar-refractivity contribution >= 4 is 17.7 Å². The lowest BCUT2D eigenvalue weighted by atomic mass is 10.1. The first-order valence-electron chi connectivity index (χ1n) is 6.29. The lowest BCUT2D eigenvalue weighted by Crippen LogP contribution is -2.43. The van der Waals surface area contributed by atoms with Gasteiger partial charge in [-0.1, -0.05) is 25.5 Å². The second-order valence-electron chi connectivity index (χ2n) is 4.39. The standard InChI is InChI=1S/C14H17N3O3/c1-3-5-12(13(18)19)17-14(20)16-11-7-4-6-9(2)10(11)8-15/h4,6-7,12H,3,5H2,1-2H3,(H,18,19)(H2,16,17,20)/t12-/m1/s1. The van der Waals surface area contributed by atoms with E-state index < -0.39 is 18.0 Å². The summed E-state index contributed by atoms with van der Waals surface area (Å²) >= 11 is 0. The van der Waals surface area contributed by atoms with Gasteiger partial charge >= 0.3 is 12.0 Å². The first kappa shape index (κ1) is 15.5. The molecule has 0 aliphatic rings. The quantitative estimate of drug-likeness (QED) is 0.766. The maximum absolute atomic E-state index is 11.8. The second-order valence-corrected chi connectivity index (χ2v) is 4.39. The monoisotopic (exact) mass is 275 g/mol. The maximum atomic E-state index is 11.8. The summed E-state index contributed by atoms with van der Waals surface area (Å²) in [4.78, 5) is 22.7. The topological polar surface area (TPSA) is 102 Å². The van der Waals surface area contributed by atoms with Crippen LogP contribution in [0.25, 0.3) is 0 Å². The second kappa shape index (κ2) is 7.14. The average Bonchev–Trinajstić information content (AvgIpc) is 2.38. The molecule has 1 atom stereocenters. The van der Waals surface area contributed by atoms with Crippen molar-refractivity contribution < 1.29 is 14.7 Å². The number of aryl methyl sites for hydroxylation is 1. The minimum atomic E-state index is -1.08. The van der Waals surface area contributed by atoms with Gasteiger partial charge in [0.05, 0.1) is 11.3 Å². The molecular formula is C14H17N3O3. The Kier molecular flexibility index (Phi) is 5.54. The van der Waals surface area contributed by atoms with Crippen LogP contribution in [0.2, 0.25) is 0 Å². The lowest BCUT2D eigenvalue weighted by Gasteiger charge is -2.15. The van der Waals surface area contributed by atoms with E-state index in [1.54, 1.807) is 25.1 Å². The molecule has 3 N–H and O–H groups in total. The highest BCUT2D eigenvalue weighted by Gasteiger charge is 2.19. The molecule has 0 saturated carbocycles. The van der Waals surface area contributed by atoms with Crippen LogP contribution in [0.15, 0.2) is 18.2 Å². The first-order valence-corrected chi connectivity index (χ1v) is 6.29. The zero-order valence-corrected chi connectivity index (χ0v) is 11.4. The number of nitriles is 1. The smallest absolute Gasteiger partial charge is 0.326 e. The summed E-state index contributed by atoms with van der Waals surface area (Å²) in [6, 6.07) is 5.52. The molecular weight excluding hydrogens is 258 g/mol. The molecule has 1 aromatic carbocycles. The van der Waals surface area contributed by atoms with Crippen molar-refractivity contribution in [1.29, 1.82) is 5.26 Å². The van der Waals surface area contributed by atoms with Gasteiger partial charge in [-0.3, -0.25) is 0 Å². The number of aliphatic carboxylic acids is 1. The van der Waals surface area contributed by atoms with Gasteiger partial charge in [0.25, 0.3) is 0 Å². The molecule has 0 bridgehead atoms. The highest BCUT2D eigenvalue weighted by Crippen LogP contribution is 2.18. The van der Waals surface area contributed by atoms with Crippen molar-refractivity contribution in [3.8, 4) is 6.07 Å². The maximum Gasteiger partial charge on any atom is 0.326 e. The number of carboxylic acids is 1. The molecule has 6 heteroatoms. The van der Waals surface area contributed by atoms with Gasteiger partial charge in [-0.05, 0) is 25.0 Å². The number of nitrogens with one attached hydrogen (secondary N) is 2. The number of carbonyl (C=O) groups excluding carboxylic acids is 1. The van der Waals surface area contributed by atoms with Gasteiger partial charge in [0, 0.05) is 0 Å². The molecule has 0 aliphatic carbocycles. The van der Waals surface area contributed by atoms with Gasteiger partial charge in [-0.15, -0.1) is 0 Å². The van der Waals surface area contributed by atoms with E-state index in [1.807, 2.05) is 13.0 Å². The van der Waals surface area contributed by atoms with Gasteiger partial charge in [0.1, 0.15) is 12.1 Å². The van der Waals surface area contributed by atoms with Crippen LogP contribution in [0.4, 0.5) is 10.5 Å². The Balaban J connectivity index is 2.79. The van der Waals surface area contributed by atoms with E-state index in [9.17, 15) is 9.59 Å². The van der Waals surface area contributed by atoms with Crippen molar-refractivity contribution in [2.24, 2.45) is 0 Å². The van der Waals surface area contributed by atoms with E-state index in [0.29, 0.717) is 24.1 Å². The molecule has 0 aliphatic heterocycles. The summed E-state index contributed by atoms with van der Waals surface area (Å²) < 4.78 is 0. The van der Waals surface area contributed by atoms with E-state index >= 15 is 0 Å². The van der Waals surface area contributed by atoms with Crippen molar-refractivity contribution in [3.63, 3.8) is 0 Å². The fourth-order valence-electron chi connectivity index (χ4n) is 1.78. The fourth-order valence-corrected chi connectivity index (χ4v) is 1.78. The summed E-state index contributed by atoms with van der Waals surface area (Å²) in [5.74, 6) is -1.08. The summed E-state index contributed by atoms with van der Waals surface area (Å²) in [6.07, 6.45) is 0.993. The van der Waals surface area contributed by atoms with Crippen LogP contribution in [-0.2, 0) is 4.79 Å². The van der Waals surface area contributed by atoms with Crippen LogP contribution >= 0.6 is 0 Å². The van der Waals surface area contributed by atoms with E-state index in [1.165, 1.54) is 0 Å². The van der Waals surface area contributed by atoms with E-state index in [4.69, 9.17) is 10.4 Å². The van der Waals surface area contributed by atoms with E-state index in [2.05, 4.69) is 10.6 Å². The van der Waals surface area contributed by atoms with Crippen LogP contribution in [0.1, 0.15) is 30.9 Å². The van der Waals surface area contributed by atoms with Crippen LogP contribution in [0.5, 0.6) is 0 Å². The zero-order valence-electron chi connectivity index (χ0n) is 11.4. The molecule has 0 spiro atoms. The number of amides is 2. The molecule has 0 unspecified atom stereocenters. The summed E-state index contributed by atoms with van der Waals surface area (Å²) in [5, 5.41) is 22.9. The number of hydrogen-bond donors (Lipinski definition) is 3. The van der Waals surface area contributed by atoms with Crippen molar-refractivity contribution in [2.45, 2.75) is 32.7 Å².